The van der Waals surface area contributed by atoms with Crippen LogP contribution in [0.2, 0.25) is 0 Å². The van der Waals surface area contributed by atoms with Crippen LogP contribution in [0, 0.1) is 0 Å². The number of amides is 1. The Morgan fingerprint density at radius 1 is 1.43 bits per heavy atom. The Kier molecular flexibility index (Phi) is 6.45. The zero-order valence-electron chi connectivity index (χ0n) is 8.76. The van der Waals surface area contributed by atoms with Crippen molar-refractivity contribution < 1.29 is 14.3 Å². The number of carbonyl (C=O) groups excluding carboxylic acids is 2. The Balaban J connectivity index is 3.53. The van der Waals surface area contributed by atoms with Crippen molar-refractivity contribution in [2.45, 2.75) is 26.7 Å². The molecule has 0 heterocycles. The molecular formula is C10H17NO3. The lowest BCUT2D eigenvalue weighted by atomic mass is 10.1. The molecule has 0 rings (SSSR count). The molecule has 0 aliphatic rings. The highest BCUT2D eigenvalue weighted by Gasteiger charge is 2.06. The van der Waals surface area contributed by atoms with Gasteiger partial charge in [0.2, 0.25) is 5.91 Å². The van der Waals surface area contributed by atoms with Gasteiger partial charge in [-0.2, -0.15) is 0 Å². The van der Waals surface area contributed by atoms with Crippen LogP contribution in [0.15, 0.2) is 12.2 Å². The van der Waals surface area contributed by atoms with Crippen LogP contribution in [0.1, 0.15) is 26.7 Å². The van der Waals surface area contributed by atoms with E-state index in [-0.39, 0.29) is 11.9 Å². The van der Waals surface area contributed by atoms with Gasteiger partial charge < -0.3 is 10.1 Å². The number of rotatable bonds is 6. The molecule has 0 saturated carbocycles. The van der Waals surface area contributed by atoms with Crippen molar-refractivity contribution in [2.24, 2.45) is 0 Å². The fraction of sp³-hybridized carbons (Fsp3) is 0.600. The summed E-state index contributed by atoms with van der Waals surface area (Å²) in [5.74, 6) is -0.415. The molecule has 0 radical (unpaired) electrons. The van der Waals surface area contributed by atoms with Gasteiger partial charge in [0.15, 0.2) is 0 Å². The van der Waals surface area contributed by atoms with Crippen molar-refractivity contribution in [1.29, 1.82) is 0 Å². The summed E-state index contributed by atoms with van der Waals surface area (Å²) in [6.45, 7) is 7.74. The van der Waals surface area contributed by atoms with Gasteiger partial charge in [-0.3, -0.25) is 4.79 Å². The third-order valence-electron chi connectivity index (χ3n) is 1.59. The summed E-state index contributed by atoms with van der Waals surface area (Å²) >= 11 is 0. The number of nitrogens with one attached hydrogen (secondary N) is 1. The van der Waals surface area contributed by atoms with Crippen molar-refractivity contribution in [1.82, 2.24) is 5.32 Å². The van der Waals surface area contributed by atoms with Gasteiger partial charge in [-0.15, -0.1) is 0 Å². The lowest BCUT2D eigenvalue weighted by Gasteiger charge is -2.05. The number of esters is 1. The number of hydrogen-bond acceptors (Lipinski definition) is 3. The van der Waals surface area contributed by atoms with Gasteiger partial charge in [0.05, 0.1) is 6.61 Å². The Morgan fingerprint density at radius 3 is 2.57 bits per heavy atom. The van der Waals surface area contributed by atoms with Crippen LogP contribution >= 0.6 is 0 Å². The van der Waals surface area contributed by atoms with Crippen LogP contribution < -0.4 is 5.32 Å². The number of carbonyl (C=O) groups is 2. The summed E-state index contributed by atoms with van der Waals surface area (Å²) < 4.78 is 4.76. The summed E-state index contributed by atoms with van der Waals surface area (Å²) in [5, 5.41) is 2.64. The van der Waals surface area contributed by atoms with Crippen LogP contribution in [0.5, 0.6) is 0 Å². The van der Waals surface area contributed by atoms with Crippen molar-refractivity contribution in [3.05, 3.63) is 12.2 Å². The minimum absolute atomic E-state index is 0.0632. The van der Waals surface area contributed by atoms with E-state index in [9.17, 15) is 9.59 Å². The Labute approximate surface area is 84.3 Å². The molecular weight excluding hydrogens is 182 g/mol. The lowest BCUT2D eigenvalue weighted by molar-refractivity contribution is -0.138. The standard InChI is InChI=1S/C10H17NO3/c1-4-14-10(13)8(2)6-5-7-11-9(3)12/h2,4-7H2,1,3H3,(H,11,12). The molecule has 0 saturated heterocycles. The predicted octanol–water partition coefficient (Wildman–Crippen LogP) is 1.02. The first-order valence-electron chi connectivity index (χ1n) is 4.67. The van der Waals surface area contributed by atoms with Crippen molar-refractivity contribution in [3.63, 3.8) is 0 Å². The van der Waals surface area contributed by atoms with E-state index in [4.69, 9.17) is 4.74 Å². The minimum atomic E-state index is -0.352. The van der Waals surface area contributed by atoms with E-state index in [0.717, 1.165) is 0 Å². The molecule has 0 fully saturated rings. The first-order chi connectivity index (χ1) is 6.57. The highest BCUT2D eigenvalue weighted by Crippen LogP contribution is 2.03. The molecule has 0 unspecified atom stereocenters. The number of hydrogen-bond donors (Lipinski definition) is 1. The third-order valence-corrected chi connectivity index (χ3v) is 1.59. The molecule has 0 aromatic carbocycles. The molecule has 1 N–H and O–H groups in total. The van der Waals surface area contributed by atoms with E-state index >= 15 is 0 Å². The topological polar surface area (TPSA) is 55.4 Å². The first-order valence-corrected chi connectivity index (χ1v) is 4.67. The van der Waals surface area contributed by atoms with Crippen molar-refractivity contribution in [3.8, 4) is 0 Å². The Morgan fingerprint density at radius 2 is 2.07 bits per heavy atom. The maximum absolute atomic E-state index is 11.1. The van der Waals surface area contributed by atoms with Gasteiger partial charge >= 0.3 is 5.97 Å². The third kappa shape index (κ3) is 6.22. The summed E-state index contributed by atoms with van der Waals surface area (Å²) in [6.07, 6.45) is 1.26. The maximum Gasteiger partial charge on any atom is 0.333 e. The van der Waals surface area contributed by atoms with Crippen molar-refractivity contribution in [2.75, 3.05) is 13.2 Å². The fourth-order valence-electron chi connectivity index (χ4n) is 0.901. The van der Waals surface area contributed by atoms with Gasteiger partial charge in [0.25, 0.3) is 0 Å². The molecule has 1 amide bonds. The molecule has 0 spiro atoms. The van der Waals surface area contributed by atoms with Crippen LogP contribution in [0.3, 0.4) is 0 Å². The summed E-state index contributed by atoms with van der Waals surface area (Å²) in [5.41, 5.74) is 0.456. The molecule has 80 valence electrons. The molecule has 0 aromatic rings. The fourth-order valence-corrected chi connectivity index (χ4v) is 0.901. The van der Waals surface area contributed by atoms with Crippen LogP contribution in [0.4, 0.5) is 0 Å². The monoisotopic (exact) mass is 199 g/mol. The predicted molar refractivity (Wildman–Crippen MR) is 53.7 cm³/mol. The second-order valence-corrected chi connectivity index (χ2v) is 2.91. The summed E-state index contributed by atoms with van der Waals surface area (Å²) in [4.78, 5) is 21.6. The first kappa shape index (κ1) is 12.7. The molecule has 0 aromatic heterocycles. The smallest absolute Gasteiger partial charge is 0.333 e. The van der Waals surface area contributed by atoms with E-state index in [2.05, 4.69) is 11.9 Å². The highest BCUT2D eigenvalue weighted by atomic mass is 16.5. The normalized spacial score (nSPS) is 9.29. The van der Waals surface area contributed by atoms with E-state index in [1.165, 1.54) is 6.92 Å². The van der Waals surface area contributed by atoms with Gasteiger partial charge in [0, 0.05) is 19.0 Å². The van der Waals surface area contributed by atoms with E-state index in [1.807, 2.05) is 0 Å². The summed E-state index contributed by atoms with van der Waals surface area (Å²) in [6, 6.07) is 0. The Hall–Kier alpha value is -1.32. The largest absolute Gasteiger partial charge is 0.463 e. The molecule has 4 heteroatoms. The molecule has 0 bridgehead atoms. The van der Waals surface area contributed by atoms with Crippen LogP contribution in [-0.4, -0.2) is 25.0 Å². The molecule has 0 aliphatic heterocycles. The van der Waals surface area contributed by atoms with Gasteiger partial charge in [-0.1, -0.05) is 6.58 Å². The molecule has 14 heavy (non-hydrogen) atoms. The highest BCUT2D eigenvalue weighted by molar-refractivity contribution is 5.87. The Bertz CT molecular complexity index is 223. The second-order valence-electron chi connectivity index (χ2n) is 2.91. The van der Waals surface area contributed by atoms with Gasteiger partial charge in [-0.25, -0.2) is 4.79 Å². The average Bonchev–Trinajstić information content (AvgIpc) is 2.12. The zero-order chi connectivity index (χ0) is 11.0. The molecule has 0 aliphatic carbocycles. The molecule has 4 nitrogen and oxygen atoms in total. The van der Waals surface area contributed by atoms with E-state index in [0.29, 0.717) is 31.6 Å². The molecule has 0 atom stereocenters. The zero-order valence-corrected chi connectivity index (χ0v) is 8.76. The van der Waals surface area contributed by atoms with E-state index in [1.54, 1.807) is 6.92 Å². The van der Waals surface area contributed by atoms with Crippen molar-refractivity contribution >= 4 is 11.9 Å². The lowest BCUT2D eigenvalue weighted by Crippen LogP contribution is -2.21. The van der Waals surface area contributed by atoms with Gasteiger partial charge in [-0.05, 0) is 19.8 Å². The van der Waals surface area contributed by atoms with Crippen LogP contribution in [-0.2, 0) is 14.3 Å². The summed E-state index contributed by atoms with van der Waals surface area (Å²) in [7, 11) is 0. The second kappa shape index (κ2) is 7.12. The average molecular weight is 199 g/mol. The van der Waals surface area contributed by atoms with Crippen LogP contribution in [0.25, 0.3) is 0 Å². The van der Waals surface area contributed by atoms with E-state index < -0.39 is 0 Å². The number of ether oxygens (including phenoxy) is 1. The maximum atomic E-state index is 11.1. The van der Waals surface area contributed by atoms with Gasteiger partial charge in [0.1, 0.15) is 0 Å². The minimum Gasteiger partial charge on any atom is -0.463 e. The quantitative estimate of drug-likeness (QED) is 0.395. The SMILES string of the molecule is C=C(CCCNC(C)=O)C(=O)OCC.